The third-order valence-electron chi connectivity index (χ3n) is 7.64. The molecule has 0 saturated heterocycles. The van der Waals surface area contributed by atoms with Gasteiger partial charge in [0.25, 0.3) is 11.6 Å². The van der Waals surface area contributed by atoms with Crippen molar-refractivity contribution in [3.63, 3.8) is 0 Å². The lowest BCUT2D eigenvalue weighted by atomic mass is 10.0. The second-order valence-corrected chi connectivity index (χ2v) is 10.6. The molecular weight excluding hydrogens is 534 g/mol. The van der Waals surface area contributed by atoms with Crippen molar-refractivity contribution in [1.29, 1.82) is 0 Å². The van der Waals surface area contributed by atoms with Crippen LogP contribution in [0.1, 0.15) is 45.0 Å². The highest BCUT2D eigenvalue weighted by atomic mass is 16.5. The number of fused-ring (bicyclic) bond motifs is 6. The number of amides is 2. The number of hydrogen-bond donors (Lipinski definition) is 2. The number of rotatable bonds is 2. The van der Waals surface area contributed by atoms with Crippen molar-refractivity contribution in [2.45, 2.75) is 33.1 Å². The molecule has 3 aromatic heterocycles. The van der Waals surface area contributed by atoms with Crippen LogP contribution in [0.3, 0.4) is 0 Å². The average Bonchev–Trinajstić information content (AvgIpc) is 3.52. The minimum absolute atomic E-state index is 0.0917. The van der Waals surface area contributed by atoms with Crippen LogP contribution < -0.4 is 14.8 Å². The summed E-state index contributed by atoms with van der Waals surface area (Å²) in [5.74, 6) is 0.767. The molecular formula is C32H33N5O5. The van der Waals surface area contributed by atoms with Crippen LogP contribution in [0.5, 0.6) is 11.5 Å². The maximum atomic E-state index is 13.9. The Labute approximate surface area is 243 Å². The van der Waals surface area contributed by atoms with E-state index in [0.29, 0.717) is 78.5 Å². The Morgan fingerprint density at radius 1 is 1.12 bits per heavy atom. The minimum Gasteiger partial charge on any atom is -0.493 e. The van der Waals surface area contributed by atoms with E-state index in [1.807, 2.05) is 30.3 Å². The molecule has 0 fully saturated rings. The third-order valence-corrected chi connectivity index (χ3v) is 7.64. The van der Waals surface area contributed by atoms with E-state index in [2.05, 4.69) is 32.6 Å². The van der Waals surface area contributed by atoms with Crippen LogP contribution in [0, 0.1) is 13.8 Å². The Kier molecular flexibility index (Phi) is 7.52. The number of para-hydroxylation sites is 1. The van der Waals surface area contributed by atoms with Gasteiger partial charge >= 0.3 is 0 Å². The number of methoxy groups -OCH3 is 1. The fourth-order valence-electron chi connectivity index (χ4n) is 5.64. The third kappa shape index (κ3) is 5.39. The molecule has 2 bridgehead atoms. The molecule has 1 aliphatic rings. The highest BCUT2D eigenvalue weighted by Crippen LogP contribution is 2.31. The topological polar surface area (TPSA) is 123 Å². The first-order valence-electron chi connectivity index (χ1n) is 14.1. The molecule has 0 saturated carbocycles. The van der Waals surface area contributed by atoms with E-state index >= 15 is 0 Å². The highest BCUT2D eigenvalue weighted by molar-refractivity contribution is 6.07. The number of benzene rings is 2. The smallest absolute Gasteiger partial charge is 0.258 e. The Morgan fingerprint density at radius 3 is 2.83 bits per heavy atom. The van der Waals surface area contributed by atoms with Gasteiger partial charge in [0.05, 0.1) is 36.9 Å². The molecule has 0 spiro atoms. The van der Waals surface area contributed by atoms with Crippen LogP contribution in [-0.2, 0) is 17.6 Å². The number of H-pyrrole nitrogens is 1. The number of nitrogens with zero attached hydrogens (tertiary/aromatic N) is 3. The van der Waals surface area contributed by atoms with E-state index < -0.39 is 0 Å². The predicted octanol–water partition coefficient (Wildman–Crippen LogP) is 4.50. The van der Waals surface area contributed by atoms with Gasteiger partial charge in [-0.25, -0.2) is 4.98 Å². The zero-order valence-corrected chi connectivity index (χ0v) is 24.0. The van der Waals surface area contributed by atoms with Gasteiger partial charge in [-0.05, 0) is 62.1 Å². The van der Waals surface area contributed by atoms with Crippen LogP contribution >= 0.6 is 0 Å². The number of pyridine rings is 1. The van der Waals surface area contributed by atoms with Crippen LogP contribution in [0.25, 0.3) is 22.0 Å². The summed E-state index contributed by atoms with van der Waals surface area (Å²) in [4.78, 5) is 36.6. The van der Waals surface area contributed by atoms with Crippen molar-refractivity contribution < 1.29 is 23.6 Å². The van der Waals surface area contributed by atoms with Crippen LogP contribution in [0.2, 0.25) is 0 Å². The van der Waals surface area contributed by atoms with E-state index in [-0.39, 0.29) is 18.4 Å². The lowest BCUT2D eigenvalue weighted by Crippen LogP contribution is -2.42. The fourth-order valence-corrected chi connectivity index (χ4v) is 5.64. The van der Waals surface area contributed by atoms with Crippen molar-refractivity contribution in [2.24, 2.45) is 0 Å². The number of aryl methyl sites for hydroxylation is 2. The van der Waals surface area contributed by atoms with Crippen LogP contribution in [0.15, 0.2) is 53.1 Å². The molecule has 0 aliphatic carbocycles. The van der Waals surface area contributed by atoms with Gasteiger partial charge in [0.1, 0.15) is 0 Å². The molecule has 6 rings (SSSR count). The maximum absolute atomic E-state index is 13.9. The molecule has 216 valence electrons. The normalized spacial score (nSPS) is 14.8. The van der Waals surface area contributed by atoms with Gasteiger partial charge in [-0.1, -0.05) is 29.4 Å². The van der Waals surface area contributed by atoms with E-state index in [1.54, 1.807) is 31.9 Å². The Morgan fingerprint density at radius 2 is 1.98 bits per heavy atom. The van der Waals surface area contributed by atoms with Gasteiger partial charge in [0, 0.05) is 41.8 Å². The summed E-state index contributed by atoms with van der Waals surface area (Å²) in [6.07, 6.45) is 1.83. The molecule has 2 amide bonds. The first kappa shape index (κ1) is 27.3. The molecule has 10 heteroatoms. The number of nitrogens with one attached hydrogen (secondary N) is 2. The average molecular weight is 568 g/mol. The molecule has 4 heterocycles. The second kappa shape index (κ2) is 11.6. The molecule has 2 N–H and O–H groups in total. The van der Waals surface area contributed by atoms with Crippen LogP contribution in [0.4, 0.5) is 0 Å². The summed E-state index contributed by atoms with van der Waals surface area (Å²) < 4.78 is 17.1. The SMILES string of the molecule is COc1ccc2cc1OCCCN(C(=O)c1cc(C)nc3onc(C)c13)CC(=O)NCCc1c([nH]c3ccccc13)C2. The molecule has 42 heavy (non-hydrogen) atoms. The van der Waals surface area contributed by atoms with Gasteiger partial charge < -0.3 is 29.2 Å². The van der Waals surface area contributed by atoms with Crippen molar-refractivity contribution in [3.05, 3.63) is 82.3 Å². The number of carbonyl (C=O) groups excluding carboxylic acids is 2. The lowest BCUT2D eigenvalue weighted by molar-refractivity contribution is -0.121. The van der Waals surface area contributed by atoms with Crippen molar-refractivity contribution >= 4 is 33.8 Å². The fraction of sp³-hybridized carbons (Fsp3) is 0.312. The number of carbonyl (C=O) groups is 2. The zero-order valence-electron chi connectivity index (χ0n) is 24.0. The standard InChI is InChI=1S/C32H33N5O5/c1-19-15-24(30-20(2)36-42-31(30)34-19)32(39)37-13-6-14-41-28-17-21(9-10-27(28)40-3)16-26-23(11-12-33-29(38)18-37)22-7-4-5-8-25(22)35-26/h4-5,7-10,15,17,35H,6,11-14,16,18H2,1-3H3,(H,33,38). The minimum atomic E-state index is -0.286. The first-order valence-corrected chi connectivity index (χ1v) is 14.1. The zero-order chi connectivity index (χ0) is 29.2. The van der Waals surface area contributed by atoms with Gasteiger partial charge in [0.15, 0.2) is 11.5 Å². The summed E-state index contributed by atoms with van der Waals surface area (Å²) >= 11 is 0. The summed E-state index contributed by atoms with van der Waals surface area (Å²) in [6, 6.07) is 15.9. The second-order valence-electron chi connectivity index (χ2n) is 10.6. The van der Waals surface area contributed by atoms with Gasteiger partial charge in [-0.15, -0.1) is 0 Å². The van der Waals surface area contributed by atoms with Crippen molar-refractivity contribution in [2.75, 3.05) is 33.4 Å². The Hall–Kier alpha value is -4.86. The molecule has 0 radical (unpaired) electrons. The molecule has 2 aromatic carbocycles. The van der Waals surface area contributed by atoms with Crippen molar-refractivity contribution in [3.8, 4) is 11.5 Å². The van der Waals surface area contributed by atoms with Gasteiger partial charge in [-0.2, -0.15) is 0 Å². The van der Waals surface area contributed by atoms with Crippen molar-refractivity contribution in [1.82, 2.24) is 25.3 Å². The molecule has 10 nitrogen and oxygen atoms in total. The summed E-state index contributed by atoms with van der Waals surface area (Å²) in [7, 11) is 1.62. The van der Waals surface area contributed by atoms with Crippen LogP contribution in [-0.4, -0.2) is 65.2 Å². The van der Waals surface area contributed by atoms with Gasteiger partial charge in [-0.3, -0.25) is 9.59 Å². The monoisotopic (exact) mass is 567 g/mol. The van der Waals surface area contributed by atoms with E-state index in [9.17, 15) is 9.59 Å². The Bertz CT molecular complexity index is 1790. The number of aromatic amines is 1. The van der Waals surface area contributed by atoms with E-state index in [0.717, 1.165) is 27.7 Å². The number of ether oxygens (including phenoxy) is 2. The summed E-state index contributed by atoms with van der Waals surface area (Å²) in [6.45, 7) is 4.56. The van der Waals surface area contributed by atoms with E-state index in [1.165, 1.54) is 0 Å². The number of hydrogen-bond acceptors (Lipinski definition) is 7. The Balaban J connectivity index is 1.33. The quantitative estimate of drug-likeness (QED) is 0.322. The largest absolute Gasteiger partial charge is 0.493 e. The molecule has 5 aromatic rings. The molecule has 1 aliphatic heterocycles. The van der Waals surface area contributed by atoms with E-state index in [4.69, 9.17) is 14.0 Å². The molecule has 0 atom stereocenters. The first-order chi connectivity index (χ1) is 20.4. The van der Waals surface area contributed by atoms with Gasteiger partial charge in [0.2, 0.25) is 5.91 Å². The number of aromatic nitrogens is 3. The highest BCUT2D eigenvalue weighted by Gasteiger charge is 2.25. The predicted molar refractivity (Wildman–Crippen MR) is 158 cm³/mol. The molecule has 0 unspecified atom stereocenters. The maximum Gasteiger partial charge on any atom is 0.258 e. The summed E-state index contributed by atoms with van der Waals surface area (Å²) in [5.41, 5.74) is 6.30. The lowest BCUT2D eigenvalue weighted by Gasteiger charge is -2.23. The summed E-state index contributed by atoms with van der Waals surface area (Å²) in [5, 5.41) is 8.72.